The molecule has 5 nitrogen and oxygen atoms in total. The van der Waals surface area contributed by atoms with Crippen LogP contribution >= 0.6 is 0 Å². The summed E-state index contributed by atoms with van der Waals surface area (Å²) in [5.74, 6) is -1.56. The van der Waals surface area contributed by atoms with Gasteiger partial charge in [0.2, 0.25) is 0 Å². The fraction of sp³-hybridized carbons (Fsp3) is 0.429. The average molecular weight is 279 g/mol. The standard InChI is InChI=1S/C14H18FN3O2/c15-12-7-6-10(8-11(12)13(16)19)18-14(20)17-9-4-2-1-3-5-9/h6-9H,1-5H2,(H2,16,19)(H2,17,18,20). The van der Waals surface area contributed by atoms with Crippen molar-refractivity contribution in [3.8, 4) is 0 Å². The molecule has 0 unspecified atom stereocenters. The SMILES string of the molecule is NC(=O)c1cc(NC(=O)NC2CCCCC2)ccc1F. The molecule has 0 atom stereocenters. The van der Waals surface area contributed by atoms with E-state index in [1.807, 2.05) is 0 Å². The first kappa shape index (κ1) is 14.3. The molecule has 1 aliphatic rings. The summed E-state index contributed by atoms with van der Waals surface area (Å²) in [6.07, 6.45) is 5.40. The minimum atomic E-state index is -0.862. The topological polar surface area (TPSA) is 84.2 Å². The number of benzene rings is 1. The van der Waals surface area contributed by atoms with Crippen LogP contribution in [0.2, 0.25) is 0 Å². The Balaban J connectivity index is 1.96. The lowest BCUT2D eigenvalue weighted by Gasteiger charge is -2.22. The second-order valence-electron chi connectivity index (χ2n) is 4.99. The highest BCUT2D eigenvalue weighted by Crippen LogP contribution is 2.18. The van der Waals surface area contributed by atoms with Gasteiger partial charge in [0.05, 0.1) is 5.56 Å². The summed E-state index contributed by atoms with van der Waals surface area (Å²) >= 11 is 0. The molecule has 0 aliphatic heterocycles. The Morgan fingerprint density at radius 3 is 2.55 bits per heavy atom. The molecule has 0 spiro atoms. The molecule has 0 radical (unpaired) electrons. The number of carbonyl (C=O) groups excluding carboxylic acids is 2. The van der Waals surface area contributed by atoms with Crippen LogP contribution in [-0.2, 0) is 0 Å². The molecule has 0 bridgehead atoms. The molecule has 4 N–H and O–H groups in total. The molecule has 0 aromatic heterocycles. The highest BCUT2D eigenvalue weighted by Gasteiger charge is 2.16. The van der Waals surface area contributed by atoms with E-state index >= 15 is 0 Å². The molecular weight excluding hydrogens is 261 g/mol. The Bertz CT molecular complexity index is 513. The van der Waals surface area contributed by atoms with Gasteiger partial charge >= 0.3 is 6.03 Å². The van der Waals surface area contributed by atoms with Gasteiger partial charge in [-0.05, 0) is 31.0 Å². The Kier molecular flexibility index (Phi) is 4.55. The first-order valence-electron chi connectivity index (χ1n) is 6.73. The lowest BCUT2D eigenvalue weighted by Crippen LogP contribution is -2.39. The van der Waals surface area contributed by atoms with E-state index in [1.165, 1.54) is 18.6 Å². The second-order valence-corrected chi connectivity index (χ2v) is 4.99. The van der Waals surface area contributed by atoms with Gasteiger partial charge in [-0.3, -0.25) is 4.79 Å². The number of hydrogen-bond acceptors (Lipinski definition) is 2. The van der Waals surface area contributed by atoms with E-state index in [4.69, 9.17) is 5.73 Å². The third-order valence-electron chi connectivity index (χ3n) is 3.43. The highest BCUT2D eigenvalue weighted by atomic mass is 19.1. The van der Waals surface area contributed by atoms with Gasteiger partial charge in [-0.15, -0.1) is 0 Å². The van der Waals surface area contributed by atoms with Crippen LogP contribution in [0.1, 0.15) is 42.5 Å². The number of anilines is 1. The molecule has 1 saturated carbocycles. The van der Waals surface area contributed by atoms with Crippen molar-refractivity contribution >= 4 is 17.6 Å². The van der Waals surface area contributed by atoms with E-state index in [9.17, 15) is 14.0 Å². The van der Waals surface area contributed by atoms with Gasteiger partial charge in [0.15, 0.2) is 0 Å². The Labute approximate surface area is 116 Å². The molecule has 6 heteroatoms. The van der Waals surface area contributed by atoms with Crippen LogP contribution in [0.5, 0.6) is 0 Å². The third-order valence-corrected chi connectivity index (χ3v) is 3.43. The van der Waals surface area contributed by atoms with Crippen LogP contribution < -0.4 is 16.4 Å². The number of amides is 3. The van der Waals surface area contributed by atoms with Crippen molar-refractivity contribution in [2.45, 2.75) is 38.1 Å². The van der Waals surface area contributed by atoms with Crippen LogP contribution in [0, 0.1) is 5.82 Å². The van der Waals surface area contributed by atoms with Gasteiger partial charge in [-0.2, -0.15) is 0 Å². The van der Waals surface area contributed by atoms with E-state index in [0.717, 1.165) is 31.7 Å². The number of carbonyl (C=O) groups is 2. The zero-order valence-corrected chi connectivity index (χ0v) is 11.1. The Hall–Kier alpha value is -2.11. The third kappa shape index (κ3) is 3.69. The number of rotatable bonds is 3. The molecule has 2 rings (SSSR count). The average Bonchev–Trinajstić information content (AvgIpc) is 2.41. The Morgan fingerprint density at radius 2 is 1.90 bits per heavy atom. The van der Waals surface area contributed by atoms with Crippen LogP contribution in [0.4, 0.5) is 14.9 Å². The van der Waals surface area contributed by atoms with Crippen molar-refractivity contribution < 1.29 is 14.0 Å². The van der Waals surface area contributed by atoms with E-state index in [0.29, 0.717) is 5.69 Å². The molecule has 0 heterocycles. The predicted octanol–water partition coefficient (Wildman–Crippen LogP) is 2.38. The number of halogens is 1. The molecule has 108 valence electrons. The van der Waals surface area contributed by atoms with E-state index in [1.54, 1.807) is 0 Å². The van der Waals surface area contributed by atoms with Crippen LogP contribution in [0.15, 0.2) is 18.2 Å². The van der Waals surface area contributed by atoms with E-state index < -0.39 is 11.7 Å². The van der Waals surface area contributed by atoms with Crippen molar-refractivity contribution in [1.82, 2.24) is 5.32 Å². The summed E-state index contributed by atoms with van der Waals surface area (Å²) in [6, 6.07) is 3.56. The first-order valence-corrected chi connectivity index (χ1v) is 6.73. The quantitative estimate of drug-likeness (QED) is 0.793. The molecule has 20 heavy (non-hydrogen) atoms. The zero-order chi connectivity index (χ0) is 14.5. The van der Waals surface area contributed by atoms with Crippen LogP contribution in [0.3, 0.4) is 0 Å². The lowest BCUT2D eigenvalue weighted by atomic mass is 9.96. The second kappa shape index (κ2) is 6.36. The summed E-state index contributed by atoms with van der Waals surface area (Å²) in [5, 5.41) is 5.46. The number of nitrogens with two attached hydrogens (primary N) is 1. The van der Waals surface area contributed by atoms with Crippen LogP contribution in [-0.4, -0.2) is 18.0 Å². The maximum absolute atomic E-state index is 13.3. The van der Waals surface area contributed by atoms with Crippen molar-refractivity contribution in [3.05, 3.63) is 29.6 Å². The number of hydrogen-bond donors (Lipinski definition) is 3. The highest BCUT2D eigenvalue weighted by molar-refractivity contribution is 5.96. The fourth-order valence-corrected chi connectivity index (χ4v) is 2.39. The fourth-order valence-electron chi connectivity index (χ4n) is 2.39. The maximum atomic E-state index is 13.3. The summed E-state index contributed by atoms with van der Waals surface area (Å²) in [7, 11) is 0. The van der Waals surface area contributed by atoms with Gasteiger partial charge in [0.1, 0.15) is 5.82 Å². The van der Waals surface area contributed by atoms with Crippen molar-refractivity contribution in [1.29, 1.82) is 0 Å². The van der Waals surface area contributed by atoms with E-state index in [2.05, 4.69) is 10.6 Å². The normalized spacial score (nSPS) is 15.7. The summed E-state index contributed by atoms with van der Waals surface area (Å²) < 4.78 is 13.3. The zero-order valence-electron chi connectivity index (χ0n) is 11.1. The van der Waals surface area contributed by atoms with Gasteiger partial charge in [-0.1, -0.05) is 19.3 Å². The summed E-state index contributed by atoms with van der Waals surface area (Å²) in [6.45, 7) is 0. The predicted molar refractivity (Wildman–Crippen MR) is 73.9 cm³/mol. The van der Waals surface area contributed by atoms with Gasteiger partial charge in [0.25, 0.3) is 5.91 Å². The lowest BCUT2D eigenvalue weighted by molar-refractivity contribution is 0.0996. The molecule has 1 aromatic carbocycles. The van der Waals surface area contributed by atoms with Gasteiger partial charge < -0.3 is 16.4 Å². The van der Waals surface area contributed by atoms with Crippen molar-refractivity contribution in [2.24, 2.45) is 5.73 Å². The molecule has 3 amide bonds. The largest absolute Gasteiger partial charge is 0.366 e. The minimum absolute atomic E-state index is 0.180. The molecular formula is C14H18FN3O2. The number of nitrogens with one attached hydrogen (secondary N) is 2. The van der Waals surface area contributed by atoms with E-state index in [-0.39, 0.29) is 17.6 Å². The smallest absolute Gasteiger partial charge is 0.319 e. The van der Waals surface area contributed by atoms with Gasteiger partial charge in [-0.25, -0.2) is 9.18 Å². The van der Waals surface area contributed by atoms with Crippen LogP contribution in [0.25, 0.3) is 0 Å². The number of urea groups is 1. The molecule has 1 aliphatic carbocycles. The molecule has 0 saturated heterocycles. The molecule has 1 fully saturated rings. The summed E-state index contributed by atoms with van der Waals surface area (Å²) in [4.78, 5) is 22.8. The van der Waals surface area contributed by atoms with Crippen molar-refractivity contribution in [2.75, 3.05) is 5.32 Å². The molecule has 1 aromatic rings. The van der Waals surface area contributed by atoms with Gasteiger partial charge in [0, 0.05) is 11.7 Å². The summed E-state index contributed by atoms with van der Waals surface area (Å²) in [5.41, 5.74) is 5.16. The minimum Gasteiger partial charge on any atom is -0.366 e. The van der Waals surface area contributed by atoms with Crippen molar-refractivity contribution in [3.63, 3.8) is 0 Å². The number of primary amides is 1. The maximum Gasteiger partial charge on any atom is 0.319 e. The Morgan fingerprint density at radius 1 is 1.20 bits per heavy atom. The first-order chi connectivity index (χ1) is 9.56. The monoisotopic (exact) mass is 279 g/mol.